The molecule has 1 aromatic heterocycles. The fraction of sp³-hybridized carbons (Fsp3) is 0.250. The molecule has 4 rings (SSSR count). The van der Waals surface area contributed by atoms with Crippen molar-refractivity contribution in [1.82, 2.24) is 9.47 Å². The van der Waals surface area contributed by atoms with Gasteiger partial charge in [0.1, 0.15) is 6.04 Å². The quantitative estimate of drug-likeness (QED) is 0.614. The van der Waals surface area contributed by atoms with Gasteiger partial charge in [0.25, 0.3) is 11.5 Å². The molecule has 0 spiro atoms. The monoisotopic (exact) mass is 442 g/mol. The van der Waals surface area contributed by atoms with Crippen LogP contribution in [0, 0.1) is 0 Å². The van der Waals surface area contributed by atoms with Crippen molar-refractivity contribution in [1.29, 1.82) is 0 Å². The summed E-state index contributed by atoms with van der Waals surface area (Å²) in [6.45, 7) is 1.70. The Labute approximate surface area is 182 Å². The van der Waals surface area contributed by atoms with E-state index in [0.717, 1.165) is 12.1 Å². The lowest BCUT2D eigenvalue weighted by molar-refractivity contribution is -0.138. The van der Waals surface area contributed by atoms with Gasteiger partial charge in [-0.05, 0) is 35.4 Å². The molecule has 0 radical (unpaired) electrons. The van der Waals surface area contributed by atoms with Crippen molar-refractivity contribution in [3.63, 3.8) is 0 Å². The highest BCUT2D eigenvalue weighted by molar-refractivity contribution is 5.84. The van der Waals surface area contributed by atoms with Crippen LogP contribution in [0.1, 0.15) is 17.2 Å². The number of hydrogen-bond acceptors (Lipinski definition) is 3. The molecular weight excluding hydrogens is 421 g/mol. The van der Waals surface area contributed by atoms with E-state index < -0.39 is 23.3 Å². The zero-order valence-corrected chi connectivity index (χ0v) is 17.1. The normalized spacial score (nSPS) is 15.4. The third-order valence-electron chi connectivity index (χ3n) is 5.45. The van der Waals surface area contributed by atoms with Gasteiger partial charge in [-0.25, -0.2) is 0 Å². The highest BCUT2D eigenvalue weighted by atomic mass is 19.4. The highest BCUT2D eigenvalue weighted by Gasteiger charge is 2.31. The maximum atomic E-state index is 13.4. The number of nitrogens with zero attached hydrogens (tertiary/aromatic N) is 2. The summed E-state index contributed by atoms with van der Waals surface area (Å²) in [5.74, 6) is -0.230. The number of carbonyl (C=O) groups excluding carboxylic acids is 1. The molecule has 1 saturated heterocycles. The molecule has 166 valence electrons. The van der Waals surface area contributed by atoms with Crippen LogP contribution in [0.25, 0.3) is 11.1 Å². The third-order valence-corrected chi connectivity index (χ3v) is 5.45. The van der Waals surface area contributed by atoms with E-state index in [1.54, 1.807) is 41.3 Å². The first kappa shape index (κ1) is 21.8. The van der Waals surface area contributed by atoms with Crippen LogP contribution in [-0.4, -0.2) is 41.7 Å². The number of benzene rings is 2. The van der Waals surface area contributed by atoms with Crippen LogP contribution in [-0.2, 0) is 15.7 Å². The van der Waals surface area contributed by atoms with Crippen LogP contribution < -0.4 is 5.56 Å². The number of pyridine rings is 1. The fourth-order valence-corrected chi connectivity index (χ4v) is 3.79. The summed E-state index contributed by atoms with van der Waals surface area (Å²) in [4.78, 5) is 28.5. The molecule has 0 bridgehead atoms. The predicted molar refractivity (Wildman–Crippen MR) is 113 cm³/mol. The molecule has 0 saturated carbocycles. The van der Waals surface area contributed by atoms with Crippen LogP contribution in [0.5, 0.6) is 0 Å². The molecule has 32 heavy (non-hydrogen) atoms. The predicted octanol–water partition coefficient (Wildman–Crippen LogP) is 3.98. The van der Waals surface area contributed by atoms with Gasteiger partial charge in [0, 0.05) is 24.8 Å². The number of amides is 1. The number of aromatic nitrogens is 1. The molecule has 1 unspecified atom stereocenters. The van der Waals surface area contributed by atoms with Crippen molar-refractivity contribution in [2.75, 3.05) is 26.3 Å². The Balaban J connectivity index is 1.77. The Kier molecular flexibility index (Phi) is 6.14. The third kappa shape index (κ3) is 4.45. The average Bonchev–Trinajstić information content (AvgIpc) is 2.81. The van der Waals surface area contributed by atoms with E-state index in [4.69, 9.17) is 4.74 Å². The summed E-state index contributed by atoms with van der Waals surface area (Å²) in [5.41, 5.74) is -0.0273. The Morgan fingerprint density at radius 2 is 1.56 bits per heavy atom. The molecule has 1 atom stereocenters. The van der Waals surface area contributed by atoms with E-state index in [1.807, 2.05) is 6.07 Å². The van der Waals surface area contributed by atoms with Gasteiger partial charge in [0.15, 0.2) is 0 Å². The molecular formula is C24H21F3N2O3. The van der Waals surface area contributed by atoms with Crippen molar-refractivity contribution in [3.8, 4) is 11.1 Å². The van der Waals surface area contributed by atoms with Crippen molar-refractivity contribution in [2.45, 2.75) is 12.2 Å². The molecule has 5 nitrogen and oxygen atoms in total. The van der Waals surface area contributed by atoms with Crippen molar-refractivity contribution >= 4 is 5.91 Å². The number of ether oxygens (including phenoxy) is 1. The molecule has 1 amide bonds. The molecule has 2 aromatic carbocycles. The number of hydrogen-bond donors (Lipinski definition) is 0. The van der Waals surface area contributed by atoms with E-state index >= 15 is 0 Å². The zero-order chi connectivity index (χ0) is 22.7. The highest BCUT2D eigenvalue weighted by Crippen LogP contribution is 2.30. The SMILES string of the molecule is O=C(C(c1ccccc1)n1cccc(-c2ccc(C(F)(F)F)cc2)c1=O)N1CCOCC1. The van der Waals surface area contributed by atoms with Crippen molar-refractivity contribution in [2.24, 2.45) is 0 Å². The lowest BCUT2D eigenvalue weighted by Gasteiger charge is -2.31. The maximum absolute atomic E-state index is 13.4. The van der Waals surface area contributed by atoms with Crippen LogP contribution in [0.4, 0.5) is 13.2 Å². The van der Waals surface area contributed by atoms with E-state index in [2.05, 4.69) is 0 Å². The number of alkyl halides is 3. The van der Waals surface area contributed by atoms with Crippen LogP contribution in [0.3, 0.4) is 0 Å². The van der Waals surface area contributed by atoms with E-state index in [-0.39, 0.29) is 11.5 Å². The molecule has 1 aliphatic rings. The first-order valence-corrected chi connectivity index (χ1v) is 10.2. The summed E-state index contributed by atoms with van der Waals surface area (Å²) in [5, 5.41) is 0. The largest absolute Gasteiger partial charge is 0.416 e. The van der Waals surface area contributed by atoms with Gasteiger partial charge in [0.05, 0.1) is 18.8 Å². The van der Waals surface area contributed by atoms with Crippen LogP contribution >= 0.6 is 0 Å². The maximum Gasteiger partial charge on any atom is 0.416 e. The molecule has 3 aromatic rings. The molecule has 2 heterocycles. The molecule has 0 aliphatic carbocycles. The molecule has 1 aliphatic heterocycles. The first-order chi connectivity index (χ1) is 15.4. The lowest BCUT2D eigenvalue weighted by Crippen LogP contribution is -2.46. The molecule has 0 N–H and O–H groups in total. The van der Waals surface area contributed by atoms with Gasteiger partial charge >= 0.3 is 6.18 Å². The number of halogens is 3. The second kappa shape index (κ2) is 9.00. The zero-order valence-electron chi connectivity index (χ0n) is 17.1. The summed E-state index contributed by atoms with van der Waals surface area (Å²) in [6, 6.07) is 15.7. The van der Waals surface area contributed by atoms with Crippen LogP contribution in [0.15, 0.2) is 77.7 Å². The Bertz CT molecular complexity index is 1140. The van der Waals surface area contributed by atoms with Crippen molar-refractivity contribution in [3.05, 3.63) is 94.4 Å². The minimum absolute atomic E-state index is 0.219. The lowest BCUT2D eigenvalue weighted by atomic mass is 10.0. The summed E-state index contributed by atoms with van der Waals surface area (Å²) >= 11 is 0. The summed E-state index contributed by atoms with van der Waals surface area (Å²) in [6.07, 6.45) is -2.93. The van der Waals surface area contributed by atoms with Gasteiger partial charge in [0.2, 0.25) is 0 Å². The smallest absolute Gasteiger partial charge is 0.378 e. The Morgan fingerprint density at radius 1 is 0.906 bits per heavy atom. The number of carbonyl (C=O) groups is 1. The minimum atomic E-state index is -4.46. The van der Waals surface area contributed by atoms with Gasteiger partial charge in [-0.2, -0.15) is 13.2 Å². The molecule has 8 heteroatoms. The van der Waals surface area contributed by atoms with Crippen molar-refractivity contribution < 1.29 is 22.7 Å². The second-order valence-electron chi connectivity index (χ2n) is 7.46. The molecule has 1 fully saturated rings. The second-order valence-corrected chi connectivity index (χ2v) is 7.46. The Hall–Kier alpha value is -3.39. The van der Waals surface area contributed by atoms with Gasteiger partial charge in [-0.15, -0.1) is 0 Å². The number of morpholine rings is 1. The van der Waals surface area contributed by atoms with E-state index in [0.29, 0.717) is 37.4 Å². The summed E-state index contributed by atoms with van der Waals surface area (Å²) in [7, 11) is 0. The Morgan fingerprint density at radius 3 is 2.19 bits per heavy atom. The first-order valence-electron chi connectivity index (χ1n) is 10.2. The van der Waals surface area contributed by atoms with E-state index in [1.165, 1.54) is 22.9 Å². The van der Waals surface area contributed by atoms with Gasteiger partial charge in [-0.3, -0.25) is 14.2 Å². The topological polar surface area (TPSA) is 51.5 Å². The fourth-order valence-electron chi connectivity index (χ4n) is 3.79. The number of rotatable bonds is 4. The minimum Gasteiger partial charge on any atom is -0.378 e. The van der Waals surface area contributed by atoms with Gasteiger partial charge in [-0.1, -0.05) is 42.5 Å². The van der Waals surface area contributed by atoms with Gasteiger partial charge < -0.3 is 9.64 Å². The standard InChI is InChI=1S/C24H21F3N2O3/c25-24(26,27)19-10-8-17(9-11-19)20-7-4-12-29(22(20)30)21(18-5-2-1-3-6-18)23(31)28-13-15-32-16-14-28/h1-12,21H,13-16H2. The van der Waals surface area contributed by atoms with Crippen LogP contribution in [0.2, 0.25) is 0 Å². The summed E-state index contributed by atoms with van der Waals surface area (Å²) < 4.78 is 45.4. The van der Waals surface area contributed by atoms with E-state index in [9.17, 15) is 22.8 Å². The average molecular weight is 442 g/mol.